The molecule has 1 fully saturated rings. The summed E-state index contributed by atoms with van der Waals surface area (Å²) < 4.78 is 4.97. The van der Waals surface area contributed by atoms with Gasteiger partial charge in [-0.2, -0.15) is 0 Å². The molecule has 1 saturated carbocycles. The average molecular weight is 284 g/mol. The second-order valence-corrected chi connectivity index (χ2v) is 5.01. The Morgan fingerprint density at radius 2 is 2.15 bits per heavy atom. The summed E-state index contributed by atoms with van der Waals surface area (Å²) in [7, 11) is 1.57. The first-order valence-corrected chi connectivity index (χ1v) is 6.98. The first-order chi connectivity index (χ1) is 9.60. The van der Waals surface area contributed by atoms with Crippen LogP contribution in [0.25, 0.3) is 0 Å². The van der Waals surface area contributed by atoms with Crippen molar-refractivity contribution in [3.8, 4) is 0 Å². The summed E-state index contributed by atoms with van der Waals surface area (Å²) in [5.74, 6) is -1.32. The van der Waals surface area contributed by atoms with Gasteiger partial charge in [0.15, 0.2) is 0 Å². The molecule has 2 amide bonds. The van der Waals surface area contributed by atoms with Gasteiger partial charge in [0.05, 0.1) is 12.5 Å². The highest BCUT2D eigenvalue weighted by Crippen LogP contribution is 2.24. The highest BCUT2D eigenvalue weighted by molar-refractivity contribution is 5.77. The molecule has 1 aliphatic carbocycles. The molecule has 0 bridgehead atoms. The number of nitrogens with zero attached hydrogens (tertiary/aromatic N) is 1. The van der Waals surface area contributed by atoms with E-state index in [1.54, 1.807) is 18.1 Å². The number of carbonyl (C=O) groups is 2. The fourth-order valence-electron chi connectivity index (χ4n) is 2.48. The van der Waals surface area contributed by atoms with Gasteiger partial charge in [-0.3, -0.25) is 4.79 Å². The van der Waals surface area contributed by atoms with Gasteiger partial charge in [0.25, 0.3) is 0 Å². The van der Waals surface area contributed by atoms with Crippen LogP contribution in [0.3, 0.4) is 0 Å². The SMILES string of the molecule is C=CCN(CCOC)C(=O)NC1CCCCC1C(=O)O. The fourth-order valence-corrected chi connectivity index (χ4v) is 2.48. The summed E-state index contributed by atoms with van der Waals surface area (Å²) in [6.07, 6.45) is 4.84. The van der Waals surface area contributed by atoms with Crippen LogP contribution in [-0.4, -0.2) is 54.9 Å². The summed E-state index contributed by atoms with van der Waals surface area (Å²) in [4.78, 5) is 25.0. The number of nitrogens with one attached hydrogen (secondary N) is 1. The van der Waals surface area contributed by atoms with Crippen LogP contribution >= 0.6 is 0 Å². The zero-order valence-corrected chi connectivity index (χ0v) is 12.0. The third-order valence-corrected chi connectivity index (χ3v) is 3.59. The highest BCUT2D eigenvalue weighted by atomic mass is 16.5. The van der Waals surface area contributed by atoms with Crippen molar-refractivity contribution in [2.24, 2.45) is 5.92 Å². The zero-order valence-electron chi connectivity index (χ0n) is 12.0. The molecular weight excluding hydrogens is 260 g/mol. The second-order valence-electron chi connectivity index (χ2n) is 5.01. The summed E-state index contributed by atoms with van der Waals surface area (Å²) in [6, 6.07) is -0.538. The van der Waals surface area contributed by atoms with Gasteiger partial charge in [0.1, 0.15) is 0 Å². The van der Waals surface area contributed by atoms with E-state index in [1.807, 2.05) is 0 Å². The predicted octanol–water partition coefficient (Wildman–Crippen LogP) is 1.47. The molecule has 20 heavy (non-hydrogen) atoms. The van der Waals surface area contributed by atoms with Crippen LogP contribution in [0.1, 0.15) is 25.7 Å². The largest absolute Gasteiger partial charge is 0.481 e. The van der Waals surface area contributed by atoms with Crippen LogP contribution in [0.4, 0.5) is 4.79 Å². The molecule has 1 rings (SSSR count). The molecule has 0 saturated heterocycles. The Balaban J connectivity index is 2.60. The Morgan fingerprint density at radius 1 is 1.45 bits per heavy atom. The van der Waals surface area contributed by atoms with Crippen molar-refractivity contribution in [2.75, 3.05) is 26.8 Å². The summed E-state index contributed by atoms with van der Waals surface area (Å²) in [6.45, 7) is 4.94. The molecule has 0 aromatic carbocycles. The van der Waals surface area contributed by atoms with Gasteiger partial charge in [-0.15, -0.1) is 6.58 Å². The number of hydrogen-bond acceptors (Lipinski definition) is 3. The lowest BCUT2D eigenvalue weighted by molar-refractivity contribution is -0.143. The van der Waals surface area contributed by atoms with Crippen molar-refractivity contribution in [3.63, 3.8) is 0 Å². The number of ether oxygens (including phenoxy) is 1. The van der Waals surface area contributed by atoms with Crippen molar-refractivity contribution in [1.29, 1.82) is 0 Å². The molecule has 0 spiro atoms. The lowest BCUT2D eigenvalue weighted by Crippen LogP contribution is -2.50. The van der Waals surface area contributed by atoms with Crippen LogP contribution in [0.2, 0.25) is 0 Å². The number of methoxy groups -OCH3 is 1. The standard InChI is InChI=1S/C14H24N2O4/c1-3-8-16(9-10-20-2)14(19)15-12-7-5-4-6-11(12)13(17)18/h3,11-12H,1,4-10H2,2H3,(H,15,19)(H,17,18). The van der Waals surface area contributed by atoms with Crippen molar-refractivity contribution in [3.05, 3.63) is 12.7 Å². The average Bonchev–Trinajstić information content (AvgIpc) is 2.43. The molecule has 2 atom stereocenters. The van der Waals surface area contributed by atoms with Crippen LogP contribution in [0, 0.1) is 5.92 Å². The quantitative estimate of drug-likeness (QED) is 0.694. The van der Waals surface area contributed by atoms with Gasteiger partial charge in [0, 0.05) is 26.2 Å². The van der Waals surface area contributed by atoms with Gasteiger partial charge in [0.2, 0.25) is 0 Å². The fraction of sp³-hybridized carbons (Fsp3) is 0.714. The van der Waals surface area contributed by atoms with E-state index < -0.39 is 11.9 Å². The lowest BCUT2D eigenvalue weighted by Gasteiger charge is -2.31. The number of rotatable bonds is 7. The Labute approximate surface area is 119 Å². The minimum Gasteiger partial charge on any atom is -0.481 e. The molecular formula is C14H24N2O4. The Hall–Kier alpha value is -1.56. The van der Waals surface area contributed by atoms with E-state index in [2.05, 4.69) is 11.9 Å². The number of hydrogen-bond donors (Lipinski definition) is 2. The number of urea groups is 1. The smallest absolute Gasteiger partial charge is 0.317 e. The Morgan fingerprint density at radius 3 is 2.75 bits per heavy atom. The maximum Gasteiger partial charge on any atom is 0.317 e. The van der Waals surface area contributed by atoms with E-state index in [-0.39, 0.29) is 12.1 Å². The van der Waals surface area contributed by atoms with Gasteiger partial charge in [-0.25, -0.2) is 4.79 Å². The van der Waals surface area contributed by atoms with E-state index in [9.17, 15) is 14.7 Å². The van der Waals surface area contributed by atoms with E-state index >= 15 is 0 Å². The Bertz CT molecular complexity index is 346. The van der Waals surface area contributed by atoms with Crippen molar-refractivity contribution < 1.29 is 19.4 Å². The third-order valence-electron chi connectivity index (χ3n) is 3.59. The van der Waals surface area contributed by atoms with Gasteiger partial charge in [-0.05, 0) is 12.8 Å². The van der Waals surface area contributed by atoms with Crippen molar-refractivity contribution >= 4 is 12.0 Å². The zero-order chi connectivity index (χ0) is 15.0. The van der Waals surface area contributed by atoms with Crippen LogP contribution in [-0.2, 0) is 9.53 Å². The van der Waals surface area contributed by atoms with Gasteiger partial charge >= 0.3 is 12.0 Å². The Kier molecular flexibility index (Phi) is 7.08. The van der Waals surface area contributed by atoms with E-state index in [0.717, 1.165) is 19.3 Å². The van der Waals surface area contributed by atoms with Crippen LogP contribution in [0.15, 0.2) is 12.7 Å². The van der Waals surface area contributed by atoms with Gasteiger partial charge < -0.3 is 20.1 Å². The van der Waals surface area contributed by atoms with Crippen molar-refractivity contribution in [1.82, 2.24) is 10.2 Å². The third kappa shape index (κ3) is 4.85. The molecule has 0 aliphatic heterocycles. The molecule has 0 aromatic rings. The molecule has 114 valence electrons. The second kappa shape index (κ2) is 8.58. The lowest BCUT2D eigenvalue weighted by atomic mass is 9.84. The molecule has 6 nitrogen and oxygen atoms in total. The molecule has 2 N–H and O–H groups in total. The highest BCUT2D eigenvalue weighted by Gasteiger charge is 2.32. The molecule has 0 heterocycles. The van der Waals surface area contributed by atoms with Crippen molar-refractivity contribution in [2.45, 2.75) is 31.7 Å². The summed E-state index contributed by atoms with van der Waals surface area (Å²) >= 11 is 0. The maximum absolute atomic E-state index is 12.2. The number of aliphatic carboxylic acids is 1. The van der Waals surface area contributed by atoms with Crippen LogP contribution < -0.4 is 5.32 Å². The van der Waals surface area contributed by atoms with E-state index in [1.165, 1.54) is 0 Å². The molecule has 6 heteroatoms. The monoisotopic (exact) mass is 284 g/mol. The maximum atomic E-state index is 12.2. The topological polar surface area (TPSA) is 78.9 Å². The predicted molar refractivity (Wildman–Crippen MR) is 75.6 cm³/mol. The number of carboxylic acids is 1. The molecule has 0 aromatic heterocycles. The first kappa shape index (κ1) is 16.5. The molecule has 2 unspecified atom stereocenters. The minimum atomic E-state index is -0.831. The van der Waals surface area contributed by atoms with E-state index in [4.69, 9.17) is 4.74 Å². The number of amides is 2. The summed E-state index contributed by atoms with van der Waals surface area (Å²) in [5.41, 5.74) is 0. The van der Waals surface area contributed by atoms with Gasteiger partial charge in [-0.1, -0.05) is 18.9 Å². The number of carbonyl (C=O) groups excluding carboxylic acids is 1. The molecule has 0 radical (unpaired) electrons. The number of carboxylic acid groups (broad SMARTS) is 1. The summed E-state index contributed by atoms with van der Waals surface area (Å²) in [5, 5.41) is 12.1. The van der Waals surface area contributed by atoms with Crippen LogP contribution in [0.5, 0.6) is 0 Å². The van der Waals surface area contributed by atoms with E-state index in [0.29, 0.717) is 26.1 Å². The first-order valence-electron chi connectivity index (χ1n) is 6.98. The minimum absolute atomic E-state index is 0.250. The molecule has 1 aliphatic rings. The normalized spacial score (nSPS) is 22.1.